The van der Waals surface area contributed by atoms with Gasteiger partial charge < -0.3 is 9.47 Å². The number of methoxy groups -OCH3 is 1. The quantitative estimate of drug-likeness (QED) is 0.203. The van der Waals surface area contributed by atoms with E-state index in [1.807, 2.05) is 0 Å². The van der Waals surface area contributed by atoms with Crippen LogP contribution in [0, 0.1) is 21.4 Å². The molecule has 0 N–H and O–H groups in total. The van der Waals surface area contributed by atoms with E-state index in [1.54, 1.807) is 18.2 Å². The summed E-state index contributed by atoms with van der Waals surface area (Å²) in [6.07, 6.45) is 1.29. The lowest BCUT2D eigenvalue weighted by Crippen LogP contribution is -2.09. The fraction of sp³-hybridized carbons (Fsp3) is 0.0556. The highest BCUT2D eigenvalue weighted by Gasteiger charge is 2.14. The Morgan fingerprint density at radius 2 is 1.92 bits per heavy atom. The average Bonchev–Trinajstić information content (AvgIpc) is 2.65. The SMILES string of the molecule is COC(=O)/C(C#N)=C/c1cccc(OC(=O)c2cccc([N+](=O)[O-])c2)c1. The molecule has 130 valence electrons. The van der Waals surface area contributed by atoms with Crippen LogP contribution in [0.5, 0.6) is 5.75 Å². The zero-order chi connectivity index (χ0) is 19.1. The van der Waals surface area contributed by atoms with E-state index >= 15 is 0 Å². The number of non-ortho nitro benzene ring substituents is 1. The zero-order valence-electron chi connectivity index (χ0n) is 13.5. The van der Waals surface area contributed by atoms with Gasteiger partial charge in [0.1, 0.15) is 17.4 Å². The molecule has 0 aliphatic carbocycles. The van der Waals surface area contributed by atoms with Crippen molar-refractivity contribution in [3.63, 3.8) is 0 Å². The highest BCUT2D eigenvalue weighted by molar-refractivity contribution is 5.98. The minimum absolute atomic E-state index is 0.0208. The molecule has 8 heteroatoms. The molecular formula is C18H12N2O6. The van der Waals surface area contributed by atoms with Gasteiger partial charge in [0.25, 0.3) is 5.69 Å². The number of rotatable bonds is 5. The minimum Gasteiger partial charge on any atom is -0.465 e. The van der Waals surface area contributed by atoms with E-state index in [9.17, 15) is 19.7 Å². The second-order valence-corrected chi connectivity index (χ2v) is 4.93. The summed E-state index contributed by atoms with van der Waals surface area (Å²) in [6.45, 7) is 0. The maximum absolute atomic E-state index is 12.1. The normalized spacial score (nSPS) is 10.5. The lowest BCUT2D eigenvalue weighted by molar-refractivity contribution is -0.384. The van der Waals surface area contributed by atoms with Gasteiger partial charge in [-0.15, -0.1) is 0 Å². The van der Waals surface area contributed by atoms with Crippen molar-refractivity contribution < 1.29 is 24.0 Å². The fourth-order valence-corrected chi connectivity index (χ4v) is 1.99. The summed E-state index contributed by atoms with van der Waals surface area (Å²) in [7, 11) is 1.16. The largest absolute Gasteiger partial charge is 0.465 e. The zero-order valence-corrected chi connectivity index (χ0v) is 13.5. The molecule has 0 bridgehead atoms. The molecule has 0 aliphatic heterocycles. The van der Waals surface area contributed by atoms with Gasteiger partial charge >= 0.3 is 11.9 Å². The number of benzene rings is 2. The average molecular weight is 352 g/mol. The van der Waals surface area contributed by atoms with Crippen molar-refractivity contribution in [2.45, 2.75) is 0 Å². The van der Waals surface area contributed by atoms with Crippen LogP contribution in [-0.2, 0) is 9.53 Å². The fourth-order valence-electron chi connectivity index (χ4n) is 1.99. The van der Waals surface area contributed by atoms with E-state index in [1.165, 1.54) is 36.4 Å². The van der Waals surface area contributed by atoms with Crippen LogP contribution in [0.2, 0.25) is 0 Å². The number of hydrogen-bond donors (Lipinski definition) is 0. The molecule has 0 spiro atoms. The van der Waals surface area contributed by atoms with Crippen LogP contribution in [0.3, 0.4) is 0 Å². The van der Waals surface area contributed by atoms with Gasteiger partial charge in [0, 0.05) is 12.1 Å². The molecule has 8 nitrogen and oxygen atoms in total. The van der Waals surface area contributed by atoms with Crippen molar-refractivity contribution in [1.82, 2.24) is 0 Å². The summed E-state index contributed by atoms with van der Waals surface area (Å²) >= 11 is 0. The lowest BCUT2D eigenvalue weighted by Gasteiger charge is -2.05. The number of carbonyl (C=O) groups is 2. The number of nitro groups is 1. The molecule has 0 aromatic heterocycles. The third-order valence-electron chi connectivity index (χ3n) is 3.20. The van der Waals surface area contributed by atoms with Gasteiger partial charge in [-0.25, -0.2) is 9.59 Å². The minimum atomic E-state index is -0.786. The van der Waals surface area contributed by atoms with E-state index < -0.39 is 16.9 Å². The topological polar surface area (TPSA) is 120 Å². The molecule has 0 saturated carbocycles. The van der Waals surface area contributed by atoms with Gasteiger partial charge in [0.2, 0.25) is 0 Å². The van der Waals surface area contributed by atoms with Crippen molar-refractivity contribution >= 4 is 23.7 Å². The van der Waals surface area contributed by atoms with Crippen molar-refractivity contribution in [2.75, 3.05) is 7.11 Å². The predicted octanol–water partition coefficient (Wildman–Crippen LogP) is 2.89. The molecule has 0 saturated heterocycles. The molecular weight excluding hydrogens is 340 g/mol. The molecule has 0 amide bonds. The molecule has 0 atom stereocenters. The molecule has 26 heavy (non-hydrogen) atoms. The molecule has 0 heterocycles. The number of esters is 2. The second-order valence-electron chi connectivity index (χ2n) is 4.93. The van der Waals surface area contributed by atoms with Gasteiger partial charge in [-0.05, 0) is 29.8 Å². The van der Waals surface area contributed by atoms with Crippen molar-refractivity contribution in [2.24, 2.45) is 0 Å². The molecule has 0 unspecified atom stereocenters. The first kappa shape index (κ1) is 18.4. The Kier molecular flexibility index (Phi) is 5.79. The third-order valence-corrected chi connectivity index (χ3v) is 3.20. The molecule has 2 aromatic rings. The number of hydrogen-bond acceptors (Lipinski definition) is 7. The van der Waals surface area contributed by atoms with Crippen LogP contribution in [0.1, 0.15) is 15.9 Å². The van der Waals surface area contributed by atoms with Crippen molar-refractivity contribution in [3.05, 3.63) is 75.3 Å². The summed E-state index contributed by atoms with van der Waals surface area (Å²) in [6, 6.07) is 13.0. The van der Waals surface area contributed by atoms with Gasteiger partial charge in [-0.3, -0.25) is 10.1 Å². The van der Waals surface area contributed by atoms with E-state index in [0.717, 1.165) is 13.2 Å². The number of nitriles is 1. The maximum atomic E-state index is 12.1. The van der Waals surface area contributed by atoms with Crippen molar-refractivity contribution in [1.29, 1.82) is 5.26 Å². The number of nitrogens with zero attached hydrogens (tertiary/aromatic N) is 2. The Hall–Kier alpha value is -3.99. The van der Waals surface area contributed by atoms with Gasteiger partial charge in [-0.1, -0.05) is 18.2 Å². The maximum Gasteiger partial charge on any atom is 0.348 e. The Bertz CT molecular complexity index is 943. The van der Waals surface area contributed by atoms with Gasteiger partial charge in [-0.2, -0.15) is 5.26 Å². The number of carbonyl (C=O) groups excluding carboxylic acids is 2. The highest BCUT2D eigenvalue weighted by Crippen LogP contribution is 2.19. The standard InChI is InChI=1S/C18H12N2O6/c1-25-17(21)14(11-19)8-12-4-2-7-16(9-12)26-18(22)13-5-3-6-15(10-13)20(23)24/h2-10H,1H3/b14-8+. The van der Waals surface area contributed by atoms with Crippen LogP contribution in [0.15, 0.2) is 54.1 Å². The smallest absolute Gasteiger partial charge is 0.348 e. The molecule has 2 rings (SSSR count). The molecule has 0 aliphatic rings. The van der Waals surface area contributed by atoms with E-state index in [2.05, 4.69) is 4.74 Å². The molecule has 0 radical (unpaired) electrons. The van der Waals surface area contributed by atoms with Crippen LogP contribution in [-0.4, -0.2) is 24.0 Å². The summed E-state index contributed by atoms with van der Waals surface area (Å²) in [5.74, 6) is -1.41. The highest BCUT2D eigenvalue weighted by atomic mass is 16.6. The Morgan fingerprint density at radius 3 is 2.58 bits per heavy atom. The summed E-state index contributed by atoms with van der Waals surface area (Å²) in [5, 5.41) is 19.7. The predicted molar refractivity (Wildman–Crippen MR) is 90.1 cm³/mol. The monoisotopic (exact) mass is 352 g/mol. The first-order chi connectivity index (χ1) is 12.4. The van der Waals surface area contributed by atoms with Crippen LogP contribution < -0.4 is 4.74 Å². The van der Waals surface area contributed by atoms with Crippen LogP contribution in [0.4, 0.5) is 5.69 Å². The Labute approximate surface area is 148 Å². The van der Waals surface area contributed by atoms with Crippen molar-refractivity contribution in [3.8, 4) is 11.8 Å². The molecule has 2 aromatic carbocycles. The number of nitro benzene ring substituents is 1. The summed E-state index contributed by atoms with van der Waals surface area (Å²) in [4.78, 5) is 33.7. The summed E-state index contributed by atoms with van der Waals surface area (Å²) < 4.78 is 9.68. The van der Waals surface area contributed by atoms with Crippen LogP contribution in [0.25, 0.3) is 6.08 Å². The molecule has 0 fully saturated rings. The van der Waals surface area contributed by atoms with Gasteiger partial charge in [0.15, 0.2) is 0 Å². The number of ether oxygens (including phenoxy) is 2. The summed E-state index contributed by atoms with van der Waals surface area (Å²) in [5.41, 5.74) is 0.0197. The second kappa shape index (κ2) is 8.21. The van der Waals surface area contributed by atoms with E-state index in [0.29, 0.717) is 5.56 Å². The van der Waals surface area contributed by atoms with E-state index in [4.69, 9.17) is 10.00 Å². The van der Waals surface area contributed by atoms with Gasteiger partial charge in [0.05, 0.1) is 17.6 Å². The first-order valence-corrected chi connectivity index (χ1v) is 7.21. The first-order valence-electron chi connectivity index (χ1n) is 7.21. The lowest BCUT2D eigenvalue weighted by atomic mass is 10.1. The van der Waals surface area contributed by atoms with E-state index in [-0.39, 0.29) is 22.6 Å². The Balaban J connectivity index is 2.23. The third kappa shape index (κ3) is 4.52. The Morgan fingerprint density at radius 1 is 1.19 bits per heavy atom. The van der Waals surface area contributed by atoms with Crippen LogP contribution >= 0.6 is 0 Å².